The molecule has 2 rings (SSSR count). The number of alkyl halides is 1. The third-order valence-electron chi connectivity index (χ3n) is 2.43. The van der Waals surface area contributed by atoms with Gasteiger partial charge >= 0.3 is 0 Å². The number of nitrogens with zero attached hydrogens (tertiary/aromatic N) is 1. The summed E-state index contributed by atoms with van der Waals surface area (Å²) in [5.41, 5.74) is -1.01. The lowest BCUT2D eigenvalue weighted by atomic mass is 10.0. The molecular formula is C8H14FNO. The molecular weight excluding hydrogens is 145 g/mol. The summed E-state index contributed by atoms with van der Waals surface area (Å²) in [5, 5.41) is 0. The van der Waals surface area contributed by atoms with Crippen LogP contribution in [-0.4, -0.2) is 43.4 Å². The zero-order valence-corrected chi connectivity index (χ0v) is 6.68. The van der Waals surface area contributed by atoms with Crippen LogP contribution in [0.1, 0.15) is 12.8 Å². The second kappa shape index (κ2) is 2.72. The predicted molar refractivity (Wildman–Crippen MR) is 40.3 cm³/mol. The molecule has 0 aliphatic carbocycles. The van der Waals surface area contributed by atoms with Gasteiger partial charge in [-0.15, -0.1) is 0 Å². The van der Waals surface area contributed by atoms with Crippen LogP contribution >= 0.6 is 0 Å². The van der Waals surface area contributed by atoms with Gasteiger partial charge in [-0.05, 0) is 25.9 Å². The van der Waals surface area contributed by atoms with Gasteiger partial charge in [-0.2, -0.15) is 0 Å². The third kappa shape index (κ3) is 1.54. The SMILES string of the molecule is FC1(CN2CCCC2)COC1. The van der Waals surface area contributed by atoms with E-state index in [1.54, 1.807) is 0 Å². The summed E-state index contributed by atoms with van der Waals surface area (Å²) in [4.78, 5) is 2.20. The lowest BCUT2D eigenvalue weighted by Crippen LogP contribution is -2.53. The molecule has 2 fully saturated rings. The van der Waals surface area contributed by atoms with E-state index in [2.05, 4.69) is 4.90 Å². The first-order chi connectivity index (χ1) is 5.29. The Morgan fingerprint density at radius 1 is 1.27 bits per heavy atom. The minimum atomic E-state index is -1.01. The number of likely N-dealkylation sites (tertiary alicyclic amines) is 1. The van der Waals surface area contributed by atoms with E-state index in [-0.39, 0.29) is 0 Å². The largest absolute Gasteiger partial charge is 0.375 e. The maximum Gasteiger partial charge on any atom is 0.169 e. The first-order valence-corrected chi connectivity index (χ1v) is 4.28. The van der Waals surface area contributed by atoms with Gasteiger partial charge in [-0.25, -0.2) is 4.39 Å². The fourth-order valence-corrected chi connectivity index (χ4v) is 1.76. The number of hydrogen-bond acceptors (Lipinski definition) is 2. The summed E-state index contributed by atoms with van der Waals surface area (Å²) >= 11 is 0. The first kappa shape index (κ1) is 7.50. The molecule has 0 bridgehead atoms. The Hall–Kier alpha value is -0.150. The van der Waals surface area contributed by atoms with Gasteiger partial charge in [0.25, 0.3) is 0 Å². The van der Waals surface area contributed by atoms with Crippen molar-refractivity contribution in [2.24, 2.45) is 0 Å². The van der Waals surface area contributed by atoms with Gasteiger partial charge in [0.2, 0.25) is 0 Å². The van der Waals surface area contributed by atoms with Crippen molar-refractivity contribution in [3.05, 3.63) is 0 Å². The monoisotopic (exact) mass is 159 g/mol. The summed E-state index contributed by atoms with van der Waals surface area (Å²) in [7, 11) is 0. The Morgan fingerprint density at radius 3 is 2.36 bits per heavy atom. The molecule has 64 valence electrons. The standard InChI is InChI=1S/C8H14FNO/c9-8(6-11-7-8)5-10-3-1-2-4-10/h1-7H2. The van der Waals surface area contributed by atoms with Crippen molar-refractivity contribution in [1.29, 1.82) is 0 Å². The van der Waals surface area contributed by atoms with E-state index >= 15 is 0 Å². The lowest BCUT2D eigenvalue weighted by Gasteiger charge is -2.36. The van der Waals surface area contributed by atoms with Gasteiger partial charge in [0.05, 0.1) is 13.2 Å². The van der Waals surface area contributed by atoms with Crippen molar-refractivity contribution in [1.82, 2.24) is 4.90 Å². The Bertz CT molecular complexity index is 141. The molecule has 2 aliphatic rings. The molecule has 0 atom stereocenters. The number of hydrogen-bond donors (Lipinski definition) is 0. The molecule has 0 N–H and O–H groups in total. The summed E-state index contributed by atoms with van der Waals surface area (Å²) in [6.45, 7) is 3.36. The van der Waals surface area contributed by atoms with Crippen LogP contribution in [-0.2, 0) is 4.74 Å². The summed E-state index contributed by atoms with van der Waals surface area (Å²) < 4.78 is 18.2. The Labute approximate surface area is 66.3 Å². The highest BCUT2D eigenvalue weighted by molar-refractivity contribution is 4.90. The second-order valence-electron chi connectivity index (χ2n) is 3.63. The second-order valence-corrected chi connectivity index (χ2v) is 3.63. The van der Waals surface area contributed by atoms with Gasteiger partial charge < -0.3 is 4.74 Å². The molecule has 0 amide bonds. The van der Waals surface area contributed by atoms with E-state index in [4.69, 9.17) is 4.74 Å². The van der Waals surface area contributed by atoms with Gasteiger partial charge in [-0.1, -0.05) is 0 Å². The van der Waals surface area contributed by atoms with Crippen LogP contribution in [0.15, 0.2) is 0 Å². The molecule has 0 spiro atoms. The molecule has 0 radical (unpaired) electrons. The van der Waals surface area contributed by atoms with Crippen LogP contribution in [0, 0.1) is 0 Å². The van der Waals surface area contributed by atoms with E-state index in [1.165, 1.54) is 12.8 Å². The van der Waals surface area contributed by atoms with Crippen LogP contribution < -0.4 is 0 Å². The van der Waals surface area contributed by atoms with Crippen molar-refractivity contribution in [3.8, 4) is 0 Å². The Balaban J connectivity index is 1.79. The molecule has 2 saturated heterocycles. The molecule has 0 unspecified atom stereocenters. The molecule has 0 aromatic heterocycles. The molecule has 0 saturated carbocycles. The maximum absolute atomic E-state index is 13.4. The van der Waals surface area contributed by atoms with Crippen LogP contribution in [0.5, 0.6) is 0 Å². The molecule has 0 aromatic rings. The smallest absolute Gasteiger partial charge is 0.169 e. The lowest BCUT2D eigenvalue weighted by molar-refractivity contribution is -0.139. The van der Waals surface area contributed by atoms with Gasteiger partial charge in [0.15, 0.2) is 5.67 Å². The van der Waals surface area contributed by atoms with Crippen molar-refractivity contribution < 1.29 is 9.13 Å². The molecule has 3 heteroatoms. The van der Waals surface area contributed by atoms with Crippen molar-refractivity contribution >= 4 is 0 Å². The van der Waals surface area contributed by atoms with Crippen LogP contribution in [0.2, 0.25) is 0 Å². The van der Waals surface area contributed by atoms with Crippen molar-refractivity contribution in [2.45, 2.75) is 18.5 Å². The molecule has 0 aromatic carbocycles. The summed E-state index contributed by atoms with van der Waals surface area (Å²) in [6, 6.07) is 0. The highest BCUT2D eigenvalue weighted by Crippen LogP contribution is 2.24. The number of rotatable bonds is 2. The normalized spacial score (nSPS) is 30.3. The average Bonchev–Trinajstić information content (AvgIpc) is 2.36. The molecule has 11 heavy (non-hydrogen) atoms. The van der Waals surface area contributed by atoms with Crippen molar-refractivity contribution in [2.75, 3.05) is 32.8 Å². The molecule has 2 aliphatic heterocycles. The quantitative estimate of drug-likeness (QED) is 0.591. The minimum Gasteiger partial charge on any atom is -0.375 e. The fraction of sp³-hybridized carbons (Fsp3) is 1.00. The van der Waals surface area contributed by atoms with Crippen LogP contribution in [0.25, 0.3) is 0 Å². The van der Waals surface area contributed by atoms with Crippen LogP contribution in [0.4, 0.5) is 4.39 Å². The highest BCUT2D eigenvalue weighted by atomic mass is 19.1. The van der Waals surface area contributed by atoms with Gasteiger partial charge in [0.1, 0.15) is 0 Å². The van der Waals surface area contributed by atoms with E-state index in [0.29, 0.717) is 19.8 Å². The summed E-state index contributed by atoms with van der Waals surface area (Å²) in [5.74, 6) is 0. The van der Waals surface area contributed by atoms with E-state index in [1.807, 2.05) is 0 Å². The number of ether oxygens (including phenoxy) is 1. The zero-order chi connectivity index (χ0) is 7.73. The number of halogens is 1. The van der Waals surface area contributed by atoms with E-state index < -0.39 is 5.67 Å². The van der Waals surface area contributed by atoms with E-state index in [0.717, 1.165) is 13.1 Å². The highest BCUT2D eigenvalue weighted by Gasteiger charge is 2.40. The summed E-state index contributed by atoms with van der Waals surface area (Å²) in [6.07, 6.45) is 2.47. The molecule has 2 nitrogen and oxygen atoms in total. The minimum absolute atomic E-state index is 0.309. The van der Waals surface area contributed by atoms with Crippen LogP contribution in [0.3, 0.4) is 0 Å². The van der Waals surface area contributed by atoms with Gasteiger partial charge in [0, 0.05) is 6.54 Å². The fourth-order valence-electron chi connectivity index (χ4n) is 1.76. The Morgan fingerprint density at radius 2 is 1.91 bits per heavy atom. The van der Waals surface area contributed by atoms with E-state index in [9.17, 15) is 4.39 Å². The first-order valence-electron chi connectivity index (χ1n) is 4.28. The topological polar surface area (TPSA) is 12.5 Å². The maximum atomic E-state index is 13.4. The zero-order valence-electron chi connectivity index (χ0n) is 6.68. The molecule has 2 heterocycles. The third-order valence-corrected chi connectivity index (χ3v) is 2.43. The van der Waals surface area contributed by atoms with Crippen molar-refractivity contribution in [3.63, 3.8) is 0 Å². The average molecular weight is 159 g/mol. The predicted octanol–water partition coefficient (Wildman–Crippen LogP) is 0.821. The van der Waals surface area contributed by atoms with Gasteiger partial charge in [-0.3, -0.25) is 4.90 Å². The Kier molecular flexibility index (Phi) is 1.85.